The molecule has 22 heavy (non-hydrogen) atoms. The predicted molar refractivity (Wildman–Crippen MR) is 87.8 cm³/mol. The van der Waals surface area contributed by atoms with Crippen molar-refractivity contribution in [3.63, 3.8) is 0 Å². The second-order valence-corrected chi connectivity index (χ2v) is 6.27. The minimum atomic E-state index is -0.295. The van der Waals surface area contributed by atoms with Crippen molar-refractivity contribution < 1.29 is 4.79 Å². The third-order valence-electron chi connectivity index (χ3n) is 3.11. The summed E-state index contributed by atoms with van der Waals surface area (Å²) in [6, 6.07) is 9.82. The molecule has 1 aromatic heterocycles. The SMILES string of the molecule is Cc1ccccc1CNc1cc(C(=O)NC(C)(C)C)ncn1. The topological polar surface area (TPSA) is 66.9 Å². The van der Waals surface area contributed by atoms with E-state index in [0.717, 1.165) is 0 Å². The lowest BCUT2D eigenvalue weighted by Gasteiger charge is -2.20. The summed E-state index contributed by atoms with van der Waals surface area (Å²) in [5.41, 5.74) is 2.48. The molecule has 116 valence electrons. The van der Waals surface area contributed by atoms with E-state index >= 15 is 0 Å². The summed E-state index contributed by atoms with van der Waals surface area (Å²) < 4.78 is 0. The van der Waals surface area contributed by atoms with Gasteiger partial charge in [-0.1, -0.05) is 24.3 Å². The third-order valence-corrected chi connectivity index (χ3v) is 3.11. The van der Waals surface area contributed by atoms with Crippen LogP contribution in [0.2, 0.25) is 0 Å². The second kappa shape index (κ2) is 6.56. The standard InChI is InChI=1S/C17H22N4O/c1-12-7-5-6-8-13(12)10-18-15-9-14(19-11-20-15)16(22)21-17(2,3)4/h5-9,11H,10H2,1-4H3,(H,21,22)(H,18,19,20). The number of aromatic nitrogens is 2. The van der Waals surface area contributed by atoms with E-state index in [-0.39, 0.29) is 11.4 Å². The maximum Gasteiger partial charge on any atom is 0.270 e. The van der Waals surface area contributed by atoms with Gasteiger partial charge >= 0.3 is 0 Å². The van der Waals surface area contributed by atoms with Gasteiger partial charge in [0.1, 0.15) is 17.8 Å². The van der Waals surface area contributed by atoms with Gasteiger partial charge in [0.15, 0.2) is 0 Å². The van der Waals surface area contributed by atoms with Crippen LogP contribution in [0.1, 0.15) is 42.4 Å². The van der Waals surface area contributed by atoms with Crippen molar-refractivity contribution >= 4 is 11.7 Å². The molecule has 0 unspecified atom stereocenters. The Kier molecular flexibility index (Phi) is 4.75. The predicted octanol–water partition coefficient (Wildman–Crippen LogP) is 2.93. The summed E-state index contributed by atoms with van der Waals surface area (Å²) >= 11 is 0. The minimum absolute atomic E-state index is 0.200. The zero-order valence-corrected chi connectivity index (χ0v) is 13.5. The second-order valence-electron chi connectivity index (χ2n) is 6.27. The zero-order chi connectivity index (χ0) is 16.2. The molecule has 0 aliphatic heterocycles. The number of hydrogen-bond acceptors (Lipinski definition) is 4. The Labute approximate surface area is 131 Å². The molecule has 1 aromatic carbocycles. The number of aryl methyl sites for hydroxylation is 1. The van der Waals surface area contributed by atoms with E-state index in [4.69, 9.17) is 0 Å². The highest BCUT2D eigenvalue weighted by Gasteiger charge is 2.16. The average Bonchev–Trinajstić information content (AvgIpc) is 2.45. The monoisotopic (exact) mass is 298 g/mol. The molecule has 2 aromatic rings. The fourth-order valence-corrected chi connectivity index (χ4v) is 1.98. The average molecular weight is 298 g/mol. The molecule has 0 atom stereocenters. The van der Waals surface area contributed by atoms with Crippen molar-refractivity contribution in [2.75, 3.05) is 5.32 Å². The lowest BCUT2D eigenvalue weighted by Crippen LogP contribution is -2.40. The van der Waals surface area contributed by atoms with Gasteiger partial charge in [-0.15, -0.1) is 0 Å². The number of rotatable bonds is 4. The Bertz CT molecular complexity index is 662. The van der Waals surface area contributed by atoms with Gasteiger partial charge in [-0.05, 0) is 38.8 Å². The van der Waals surface area contributed by atoms with Gasteiger partial charge in [-0.2, -0.15) is 0 Å². The van der Waals surface area contributed by atoms with Crippen LogP contribution >= 0.6 is 0 Å². The Balaban J connectivity index is 2.06. The summed E-state index contributed by atoms with van der Waals surface area (Å²) in [4.78, 5) is 20.3. The molecule has 1 amide bonds. The number of nitrogens with zero attached hydrogens (tertiary/aromatic N) is 2. The lowest BCUT2D eigenvalue weighted by molar-refractivity contribution is 0.0914. The number of amides is 1. The summed E-state index contributed by atoms with van der Waals surface area (Å²) in [5, 5.41) is 6.12. The van der Waals surface area contributed by atoms with Gasteiger partial charge in [0, 0.05) is 18.2 Å². The number of carbonyl (C=O) groups is 1. The van der Waals surface area contributed by atoms with Gasteiger partial charge in [-0.25, -0.2) is 9.97 Å². The highest BCUT2D eigenvalue weighted by atomic mass is 16.2. The molecule has 5 nitrogen and oxygen atoms in total. The van der Waals surface area contributed by atoms with Crippen LogP contribution in [0, 0.1) is 6.92 Å². The van der Waals surface area contributed by atoms with Crippen LogP contribution in [0.3, 0.4) is 0 Å². The van der Waals surface area contributed by atoms with Crippen molar-refractivity contribution in [1.29, 1.82) is 0 Å². The molecule has 0 saturated carbocycles. The minimum Gasteiger partial charge on any atom is -0.366 e. The largest absolute Gasteiger partial charge is 0.366 e. The van der Waals surface area contributed by atoms with E-state index < -0.39 is 0 Å². The van der Waals surface area contributed by atoms with Crippen LogP contribution < -0.4 is 10.6 Å². The van der Waals surface area contributed by atoms with Crippen LogP contribution in [0.4, 0.5) is 5.82 Å². The fourth-order valence-electron chi connectivity index (χ4n) is 1.98. The van der Waals surface area contributed by atoms with E-state index in [2.05, 4.69) is 39.7 Å². The van der Waals surface area contributed by atoms with Crippen LogP contribution in [-0.4, -0.2) is 21.4 Å². The molecule has 5 heteroatoms. The first-order valence-corrected chi connectivity index (χ1v) is 7.28. The molecule has 0 saturated heterocycles. The molecule has 0 spiro atoms. The number of carbonyl (C=O) groups excluding carboxylic acids is 1. The maximum absolute atomic E-state index is 12.1. The normalized spacial score (nSPS) is 11.1. The van der Waals surface area contributed by atoms with Crippen LogP contribution in [0.5, 0.6) is 0 Å². The van der Waals surface area contributed by atoms with E-state index in [1.165, 1.54) is 17.5 Å². The highest BCUT2D eigenvalue weighted by Crippen LogP contribution is 2.11. The first kappa shape index (κ1) is 15.9. The van der Waals surface area contributed by atoms with Crippen molar-refractivity contribution in [3.8, 4) is 0 Å². The molecule has 0 fully saturated rings. The Hall–Kier alpha value is -2.43. The summed E-state index contributed by atoms with van der Waals surface area (Å²) in [7, 11) is 0. The zero-order valence-electron chi connectivity index (χ0n) is 13.5. The molecule has 0 bridgehead atoms. The van der Waals surface area contributed by atoms with Gasteiger partial charge in [0.2, 0.25) is 0 Å². The van der Waals surface area contributed by atoms with Crippen molar-refractivity contribution in [3.05, 3.63) is 53.5 Å². The number of anilines is 1. The molecule has 0 aliphatic carbocycles. The highest BCUT2D eigenvalue weighted by molar-refractivity contribution is 5.93. The third kappa shape index (κ3) is 4.55. The van der Waals surface area contributed by atoms with Gasteiger partial charge in [0.05, 0.1) is 0 Å². The molecule has 2 N–H and O–H groups in total. The quantitative estimate of drug-likeness (QED) is 0.910. The lowest BCUT2D eigenvalue weighted by atomic mass is 10.1. The van der Waals surface area contributed by atoms with Crippen molar-refractivity contribution in [2.24, 2.45) is 0 Å². The molecule has 1 heterocycles. The van der Waals surface area contributed by atoms with Gasteiger partial charge in [0.25, 0.3) is 5.91 Å². The van der Waals surface area contributed by atoms with E-state index in [1.807, 2.05) is 32.9 Å². The molecular weight excluding hydrogens is 276 g/mol. The smallest absolute Gasteiger partial charge is 0.270 e. The Morgan fingerprint density at radius 1 is 1.18 bits per heavy atom. The fraction of sp³-hybridized carbons (Fsp3) is 0.353. The number of hydrogen-bond donors (Lipinski definition) is 2. The first-order chi connectivity index (χ1) is 10.3. The number of benzene rings is 1. The van der Waals surface area contributed by atoms with E-state index in [1.54, 1.807) is 6.07 Å². The summed E-state index contributed by atoms with van der Waals surface area (Å²) in [6.45, 7) is 8.53. The Morgan fingerprint density at radius 3 is 2.59 bits per heavy atom. The van der Waals surface area contributed by atoms with E-state index in [9.17, 15) is 4.79 Å². The molecule has 0 aliphatic rings. The maximum atomic E-state index is 12.1. The first-order valence-electron chi connectivity index (χ1n) is 7.28. The van der Waals surface area contributed by atoms with E-state index in [0.29, 0.717) is 18.1 Å². The van der Waals surface area contributed by atoms with Gasteiger partial charge < -0.3 is 10.6 Å². The molecule has 0 radical (unpaired) electrons. The van der Waals surface area contributed by atoms with Crippen LogP contribution in [-0.2, 0) is 6.54 Å². The number of nitrogens with one attached hydrogen (secondary N) is 2. The van der Waals surface area contributed by atoms with Crippen molar-refractivity contribution in [2.45, 2.75) is 39.8 Å². The van der Waals surface area contributed by atoms with Crippen LogP contribution in [0.15, 0.2) is 36.7 Å². The summed E-state index contributed by atoms with van der Waals surface area (Å²) in [6.07, 6.45) is 1.40. The molecular formula is C17H22N4O. The van der Waals surface area contributed by atoms with Crippen molar-refractivity contribution in [1.82, 2.24) is 15.3 Å². The van der Waals surface area contributed by atoms with Gasteiger partial charge in [-0.3, -0.25) is 4.79 Å². The van der Waals surface area contributed by atoms with Crippen LogP contribution in [0.25, 0.3) is 0 Å². The molecule has 2 rings (SSSR count). The summed E-state index contributed by atoms with van der Waals surface area (Å²) in [5.74, 6) is 0.436. The Morgan fingerprint density at radius 2 is 1.91 bits per heavy atom.